The minimum absolute atomic E-state index is 0.0850. The van der Waals surface area contributed by atoms with E-state index in [1.54, 1.807) is 11.3 Å². The van der Waals surface area contributed by atoms with Gasteiger partial charge in [0.2, 0.25) is 4.96 Å². The van der Waals surface area contributed by atoms with Crippen molar-refractivity contribution >= 4 is 16.3 Å². The Morgan fingerprint density at radius 1 is 1.33 bits per heavy atom. The van der Waals surface area contributed by atoms with Crippen molar-refractivity contribution in [3.63, 3.8) is 0 Å². The van der Waals surface area contributed by atoms with Gasteiger partial charge in [-0.1, -0.05) is 38.0 Å². The van der Waals surface area contributed by atoms with Gasteiger partial charge in [-0.15, -0.1) is 10.2 Å². The average molecular weight is 265 g/mol. The number of hydrogen-bond acceptors (Lipinski definition) is 5. The number of rotatable bonds is 3. The van der Waals surface area contributed by atoms with Gasteiger partial charge in [0.1, 0.15) is 5.01 Å². The highest BCUT2D eigenvalue weighted by Gasteiger charge is 2.28. The average Bonchev–Trinajstić information content (AvgIpc) is 3.03. The molecular weight excluding hydrogens is 246 g/mol. The summed E-state index contributed by atoms with van der Waals surface area (Å²) in [4.78, 5) is 0.897. The monoisotopic (exact) mass is 265 g/mol. The van der Waals surface area contributed by atoms with Gasteiger partial charge in [-0.2, -0.15) is 9.61 Å². The zero-order valence-corrected chi connectivity index (χ0v) is 11.7. The van der Waals surface area contributed by atoms with E-state index in [1.165, 1.54) is 25.7 Å². The summed E-state index contributed by atoms with van der Waals surface area (Å²) in [5.74, 6) is 1.58. The van der Waals surface area contributed by atoms with E-state index in [9.17, 15) is 0 Å². The third-order valence-corrected chi connectivity index (χ3v) is 5.09. The lowest BCUT2D eigenvalue weighted by Crippen LogP contribution is -2.28. The van der Waals surface area contributed by atoms with Gasteiger partial charge in [0.15, 0.2) is 5.82 Å². The van der Waals surface area contributed by atoms with Gasteiger partial charge in [-0.05, 0) is 12.8 Å². The molecule has 0 spiro atoms. The smallest absolute Gasteiger partial charge is 0.234 e. The molecular formula is C12H19N5S. The summed E-state index contributed by atoms with van der Waals surface area (Å²) in [7, 11) is 0. The number of nitrogens with two attached hydrogens (primary N) is 1. The molecule has 18 heavy (non-hydrogen) atoms. The van der Waals surface area contributed by atoms with Crippen LogP contribution in [-0.2, 0) is 5.41 Å². The molecule has 0 amide bonds. The normalized spacial score (nSPS) is 17.9. The lowest BCUT2D eigenvalue weighted by molar-refractivity contribution is 0.522. The Labute approximate surface area is 110 Å². The molecule has 98 valence electrons. The molecule has 0 aliphatic heterocycles. The van der Waals surface area contributed by atoms with Gasteiger partial charge in [-0.3, -0.25) is 0 Å². The summed E-state index contributed by atoms with van der Waals surface area (Å²) in [5, 5.41) is 14.3. The highest BCUT2D eigenvalue weighted by atomic mass is 32.1. The first kappa shape index (κ1) is 12.0. The largest absolute Gasteiger partial charge is 0.330 e. The third kappa shape index (κ3) is 1.83. The predicted molar refractivity (Wildman–Crippen MR) is 71.9 cm³/mol. The fourth-order valence-electron chi connectivity index (χ4n) is 2.43. The summed E-state index contributed by atoms with van der Waals surface area (Å²) >= 11 is 1.61. The predicted octanol–water partition coefficient (Wildman–Crippen LogP) is 2.08. The van der Waals surface area contributed by atoms with Crippen LogP contribution < -0.4 is 5.73 Å². The van der Waals surface area contributed by atoms with Gasteiger partial charge < -0.3 is 5.73 Å². The lowest BCUT2D eigenvalue weighted by atomic mass is 9.95. The molecule has 0 atom stereocenters. The van der Waals surface area contributed by atoms with Crippen molar-refractivity contribution in [2.24, 2.45) is 5.73 Å². The fraction of sp³-hybridized carbons (Fsp3) is 0.750. The molecule has 1 aliphatic carbocycles. The molecule has 0 aromatic carbocycles. The molecule has 0 unspecified atom stereocenters. The van der Waals surface area contributed by atoms with E-state index in [4.69, 9.17) is 5.73 Å². The van der Waals surface area contributed by atoms with E-state index in [0.29, 0.717) is 12.5 Å². The maximum absolute atomic E-state index is 5.81. The third-order valence-electron chi connectivity index (χ3n) is 3.82. The Morgan fingerprint density at radius 3 is 2.72 bits per heavy atom. The lowest BCUT2D eigenvalue weighted by Gasteiger charge is -2.17. The quantitative estimate of drug-likeness (QED) is 0.922. The topological polar surface area (TPSA) is 69.1 Å². The van der Waals surface area contributed by atoms with Crippen molar-refractivity contribution < 1.29 is 0 Å². The minimum Gasteiger partial charge on any atom is -0.330 e. The fourth-order valence-corrected chi connectivity index (χ4v) is 3.39. The van der Waals surface area contributed by atoms with Gasteiger partial charge >= 0.3 is 0 Å². The first-order chi connectivity index (χ1) is 8.62. The standard InChI is InChI=1S/C12H19N5S/c1-12(2,7-13)10-16-17-9(8-5-3-4-6-8)14-15-11(17)18-10/h8H,3-7,13H2,1-2H3. The molecule has 2 aromatic heterocycles. The number of nitrogens with zero attached hydrogens (tertiary/aromatic N) is 4. The number of fused-ring (bicyclic) bond motifs is 1. The van der Waals surface area contributed by atoms with E-state index in [-0.39, 0.29) is 5.41 Å². The molecule has 0 bridgehead atoms. The highest BCUT2D eigenvalue weighted by molar-refractivity contribution is 7.16. The maximum Gasteiger partial charge on any atom is 0.234 e. The summed E-state index contributed by atoms with van der Waals surface area (Å²) < 4.78 is 1.94. The summed E-state index contributed by atoms with van der Waals surface area (Å²) in [5.41, 5.74) is 5.73. The van der Waals surface area contributed by atoms with Crippen LogP contribution in [0.5, 0.6) is 0 Å². The van der Waals surface area contributed by atoms with Gasteiger partial charge in [0.25, 0.3) is 0 Å². The molecule has 1 fully saturated rings. The molecule has 0 saturated heterocycles. The second-order valence-electron chi connectivity index (χ2n) is 5.73. The number of aromatic nitrogens is 4. The van der Waals surface area contributed by atoms with Crippen molar-refractivity contribution in [2.45, 2.75) is 50.9 Å². The van der Waals surface area contributed by atoms with Crippen molar-refractivity contribution in [1.82, 2.24) is 19.8 Å². The maximum atomic E-state index is 5.81. The van der Waals surface area contributed by atoms with E-state index < -0.39 is 0 Å². The van der Waals surface area contributed by atoms with Crippen molar-refractivity contribution in [2.75, 3.05) is 6.54 Å². The molecule has 2 N–H and O–H groups in total. The van der Waals surface area contributed by atoms with Crippen LogP contribution in [0, 0.1) is 0 Å². The van der Waals surface area contributed by atoms with Crippen molar-refractivity contribution in [3.05, 3.63) is 10.8 Å². The molecule has 5 nitrogen and oxygen atoms in total. The van der Waals surface area contributed by atoms with Gasteiger partial charge in [-0.25, -0.2) is 0 Å². The zero-order valence-electron chi connectivity index (χ0n) is 10.9. The second-order valence-corrected chi connectivity index (χ2v) is 6.69. The Hall–Kier alpha value is -1.01. The first-order valence-electron chi connectivity index (χ1n) is 6.54. The van der Waals surface area contributed by atoms with Crippen molar-refractivity contribution in [3.8, 4) is 0 Å². The summed E-state index contributed by atoms with van der Waals surface area (Å²) in [6.45, 7) is 4.83. The minimum atomic E-state index is -0.0850. The van der Waals surface area contributed by atoms with Crippen LogP contribution >= 0.6 is 11.3 Å². The van der Waals surface area contributed by atoms with E-state index >= 15 is 0 Å². The Kier molecular flexibility index (Phi) is 2.86. The highest BCUT2D eigenvalue weighted by Crippen LogP contribution is 2.34. The van der Waals surface area contributed by atoms with E-state index in [2.05, 4.69) is 29.1 Å². The summed E-state index contributed by atoms with van der Waals surface area (Å²) in [6, 6.07) is 0. The molecule has 3 rings (SSSR count). The zero-order chi connectivity index (χ0) is 12.8. The van der Waals surface area contributed by atoms with Gasteiger partial charge in [0.05, 0.1) is 0 Å². The van der Waals surface area contributed by atoms with Crippen LogP contribution in [0.4, 0.5) is 0 Å². The van der Waals surface area contributed by atoms with Crippen LogP contribution in [0.2, 0.25) is 0 Å². The van der Waals surface area contributed by atoms with Gasteiger partial charge in [0, 0.05) is 17.9 Å². The molecule has 1 saturated carbocycles. The Bertz CT molecular complexity index is 550. The molecule has 6 heteroatoms. The van der Waals surface area contributed by atoms with Crippen molar-refractivity contribution in [1.29, 1.82) is 0 Å². The first-order valence-corrected chi connectivity index (χ1v) is 7.36. The van der Waals surface area contributed by atoms with Crippen LogP contribution in [-0.4, -0.2) is 26.4 Å². The van der Waals surface area contributed by atoms with Crippen LogP contribution in [0.25, 0.3) is 4.96 Å². The van der Waals surface area contributed by atoms with Crippen LogP contribution in [0.3, 0.4) is 0 Å². The second kappa shape index (κ2) is 4.28. The van der Waals surface area contributed by atoms with Crippen LogP contribution in [0.1, 0.15) is 56.3 Å². The molecule has 0 radical (unpaired) electrons. The SMILES string of the molecule is CC(C)(CN)c1nn2c(C3CCCC3)nnc2s1. The molecule has 2 aromatic rings. The summed E-state index contributed by atoms with van der Waals surface area (Å²) in [6.07, 6.45) is 5.03. The Balaban J connectivity index is 2.02. The number of hydrogen-bond donors (Lipinski definition) is 1. The van der Waals surface area contributed by atoms with Crippen LogP contribution in [0.15, 0.2) is 0 Å². The molecule has 1 aliphatic rings. The van der Waals surface area contributed by atoms with E-state index in [1.807, 2.05) is 4.52 Å². The molecule has 2 heterocycles. The van der Waals surface area contributed by atoms with E-state index in [0.717, 1.165) is 15.8 Å². The Morgan fingerprint density at radius 2 is 2.06 bits per heavy atom.